The van der Waals surface area contributed by atoms with Crippen molar-refractivity contribution < 1.29 is 27.9 Å². The van der Waals surface area contributed by atoms with Crippen LogP contribution in [0.1, 0.15) is 42.9 Å². The molecule has 27 heavy (non-hydrogen) atoms. The van der Waals surface area contributed by atoms with E-state index in [1.807, 2.05) is 18.2 Å². The van der Waals surface area contributed by atoms with Crippen LogP contribution in [0.4, 0.5) is 18.0 Å². The van der Waals surface area contributed by atoms with E-state index in [1.165, 1.54) is 4.90 Å². The molecule has 1 aromatic carbocycles. The highest BCUT2D eigenvalue weighted by molar-refractivity contribution is 5.82. The first-order valence-corrected chi connectivity index (χ1v) is 9.21. The highest BCUT2D eigenvalue weighted by Gasteiger charge is 2.46. The Balaban J connectivity index is 1.74. The molecule has 2 saturated heterocycles. The average Bonchev–Trinajstić information content (AvgIpc) is 3.10. The predicted octanol–water partition coefficient (Wildman–Crippen LogP) is 3.84. The standard InChI is InChI=1S/C19H23F3N2O3/c20-19(21,22)17(25)24-9-3-6-16(24)15-5-2-1-4-14(15)12-13-7-10-23(11-8-13)18(26)27/h1-2,4-5,13,16H,3,6-12H2,(H,26,27)/t16-/m1/s1. The molecule has 0 saturated carbocycles. The summed E-state index contributed by atoms with van der Waals surface area (Å²) in [4.78, 5) is 25.2. The molecule has 0 aliphatic carbocycles. The molecule has 5 nitrogen and oxygen atoms in total. The van der Waals surface area contributed by atoms with Crippen LogP contribution in [0.3, 0.4) is 0 Å². The number of piperidine rings is 1. The van der Waals surface area contributed by atoms with Crippen LogP contribution in [0.2, 0.25) is 0 Å². The van der Waals surface area contributed by atoms with Crippen molar-refractivity contribution in [1.82, 2.24) is 9.80 Å². The Morgan fingerprint density at radius 3 is 2.37 bits per heavy atom. The summed E-state index contributed by atoms with van der Waals surface area (Å²) in [5, 5.41) is 9.05. The number of halogens is 3. The predicted molar refractivity (Wildman–Crippen MR) is 92.2 cm³/mol. The Morgan fingerprint density at radius 2 is 1.74 bits per heavy atom. The second-order valence-electron chi connectivity index (χ2n) is 7.27. The Hall–Kier alpha value is -2.25. The second-order valence-corrected chi connectivity index (χ2v) is 7.27. The summed E-state index contributed by atoms with van der Waals surface area (Å²) in [7, 11) is 0. The van der Waals surface area contributed by atoms with Crippen LogP contribution in [0.15, 0.2) is 24.3 Å². The van der Waals surface area contributed by atoms with E-state index in [2.05, 4.69) is 0 Å². The average molecular weight is 384 g/mol. The number of carboxylic acid groups (broad SMARTS) is 1. The third-order valence-electron chi connectivity index (χ3n) is 5.56. The number of carbonyl (C=O) groups excluding carboxylic acids is 1. The minimum Gasteiger partial charge on any atom is -0.465 e. The van der Waals surface area contributed by atoms with Gasteiger partial charge in [-0.15, -0.1) is 0 Å². The van der Waals surface area contributed by atoms with Crippen molar-refractivity contribution in [3.63, 3.8) is 0 Å². The van der Waals surface area contributed by atoms with Crippen molar-refractivity contribution in [2.45, 2.75) is 44.3 Å². The fourth-order valence-corrected chi connectivity index (χ4v) is 4.18. The van der Waals surface area contributed by atoms with E-state index in [0.29, 0.717) is 32.4 Å². The summed E-state index contributed by atoms with van der Waals surface area (Å²) in [6.45, 7) is 1.07. The van der Waals surface area contributed by atoms with Gasteiger partial charge in [0, 0.05) is 19.6 Å². The normalized spacial score (nSPS) is 21.5. The molecule has 0 radical (unpaired) electrons. The first kappa shape index (κ1) is 19.5. The molecular weight excluding hydrogens is 361 g/mol. The fraction of sp³-hybridized carbons (Fsp3) is 0.579. The van der Waals surface area contributed by atoms with E-state index in [1.54, 1.807) is 6.07 Å². The van der Waals surface area contributed by atoms with Gasteiger partial charge in [0.05, 0.1) is 6.04 Å². The zero-order chi connectivity index (χ0) is 19.6. The third kappa shape index (κ3) is 4.36. The van der Waals surface area contributed by atoms with Crippen molar-refractivity contribution in [1.29, 1.82) is 0 Å². The lowest BCUT2D eigenvalue weighted by molar-refractivity contribution is -0.186. The van der Waals surface area contributed by atoms with Gasteiger partial charge < -0.3 is 14.9 Å². The molecule has 2 fully saturated rings. The number of rotatable bonds is 3. The number of likely N-dealkylation sites (tertiary alicyclic amines) is 2. The van der Waals surface area contributed by atoms with Crippen molar-refractivity contribution in [3.8, 4) is 0 Å². The van der Waals surface area contributed by atoms with Crippen LogP contribution in [0, 0.1) is 5.92 Å². The molecule has 2 aliphatic heterocycles. The fourth-order valence-electron chi connectivity index (χ4n) is 4.18. The number of benzene rings is 1. The Morgan fingerprint density at radius 1 is 1.07 bits per heavy atom. The number of hydrogen-bond acceptors (Lipinski definition) is 2. The summed E-state index contributed by atoms with van der Waals surface area (Å²) in [5.74, 6) is -1.48. The van der Waals surface area contributed by atoms with Crippen LogP contribution in [0.25, 0.3) is 0 Å². The highest BCUT2D eigenvalue weighted by atomic mass is 19.4. The third-order valence-corrected chi connectivity index (χ3v) is 5.56. The van der Waals surface area contributed by atoms with Gasteiger partial charge in [0.15, 0.2) is 0 Å². The smallest absolute Gasteiger partial charge is 0.465 e. The van der Waals surface area contributed by atoms with Crippen LogP contribution in [0.5, 0.6) is 0 Å². The topological polar surface area (TPSA) is 60.9 Å². The zero-order valence-electron chi connectivity index (χ0n) is 14.9. The Labute approximate surface area is 155 Å². The largest absolute Gasteiger partial charge is 0.471 e. The van der Waals surface area contributed by atoms with Gasteiger partial charge in [-0.1, -0.05) is 24.3 Å². The van der Waals surface area contributed by atoms with Crippen molar-refractivity contribution >= 4 is 12.0 Å². The number of nitrogens with zero attached hydrogens (tertiary/aromatic N) is 2. The van der Waals surface area contributed by atoms with Crippen molar-refractivity contribution in [2.75, 3.05) is 19.6 Å². The molecule has 0 bridgehead atoms. The zero-order valence-corrected chi connectivity index (χ0v) is 14.9. The van der Waals surface area contributed by atoms with E-state index in [-0.39, 0.29) is 12.5 Å². The number of hydrogen-bond donors (Lipinski definition) is 1. The first-order chi connectivity index (χ1) is 12.8. The number of amides is 2. The van der Waals surface area contributed by atoms with Crippen LogP contribution >= 0.6 is 0 Å². The maximum absolute atomic E-state index is 12.9. The van der Waals surface area contributed by atoms with Gasteiger partial charge in [0.1, 0.15) is 0 Å². The summed E-state index contributed by atoms with van der Waals surface area (Å²) in [6, 6.07) is 6.83. The summed E-state index contributed by atoms with van der Waals surface area (Å²) < 4.78 is 38.8. The lowest BCUT2D eigenvalue weighted by Crippen LogP contribution is -2.41. The molecule has 8 heteroatoms. The van der Waals surface area contributed by atoms with Gasteiger partial charge in [-0.25, -0.2) is 4.79 Å². The summed E-state index contributed by atoms with van der Waals surface area (Å²) in [5.41, 5.74) is 1.74. The molecule has 1 aromatic rings. The summed E-state index contributed by atoms with van der Waals surface area (Å²) in [6.07, 6.45) is -2.54. The monoisotopic (exact) mass is 384 g/mol. The van der Waals surface area contributed by atoms with Crippen molar-refractivity contribution in [2.24, 2.45) is 5.92 Å². The van der Waals surface area contributed by atoms with Gasteiger partial charge in [-0.05, 0) is 49.1 Å². The van der Waals surface area contributed by atoms with Crippen LogP contribution < -0.4 is 0 Å². The molecule has 148 valence electrons. The van der Waals surface area contributed by atoms with E-state index in [0.717, 1.165) is 28.9 Å². The molecule has 0 unspecified atom stereocenters. The highest BCUT2D eigenvalue weighted by Crippen LogP contribution is 2.37. The van der Waals surface area contributed by atoms with E-state index in [9.17, 15) is 22.8 Å². The quantitative estimate of drug-likeness (QED) is 0.861. The van der Waals surface area contributed by atoms with E-state index >= 15 is 0 Å². The number of alkyl halides is 3. The van der Waals surface area contributed by atoms with Crippen LogP contribution in [-0.4, -0.2) is 52.7 Å². The van der Waals surface area contributed by atoms with Crippen molar-refractivity contribution in [3.05, 3.63) is 35.4 Å². The van der Waals surface area contributed by atoms with Gasteiger partial charge >= 0.3 is 18.2 Å². The van der Waals surface area contributed by atoms with Gasteiger partial charge in [-0.3, -0.25) is 4.79 Å². The molecule has 2 heterocycles. The Bertz CT molecular complexity index is 700. The van der Waals surface area contributed by atoms with E-state index in [4.69, 9.17) is 5.11 Å². The molecule has 3 rings (SSSR count). The van der Waals surface area contributed by atoms with Gasteiger partial charge in [0.25, 0.3) is 0 Å². The van der Waals surface area contributed by atoms with Gasteiger partial charge in [0.2, 0.25) is 0 Å². The minimum atomic E-state index is -4.86. The SMILES string of the molecule is O=C(O)N1CCC(Cc2ccccc2[C@H]2CCCN2C(=O)C(F)(F)F)CC1. The minimum absolute atomic E-state index is 0.119. The van der Waals surface area contributed by atoms with Gasteiger partial charge in [-0.2, -0.15) is 13.2 Å². The first-order valence-electron chi connectivity index (χ1n) is 9.21. The lowest BCUT2D eigenvalue weighted by atomic mass is 9.86. The molecule has 0 spiro atoms. The lowest BCUT2D eigenvalue weighted by Gasteiger charge is -2.32. The van der Waals surface area contributed by atoms with E-state index < -0.39 is 24.2 Å². The molecule has 1 N–H and O–H groups in total. The summed E-state index contributed by atoms with van der Waals surface area (Å²) >= 11 is 0. The Kier molecular flexibility index (Phi) is 5.62. The maximum atomic E-state index is 12.9. The molecule has 2 aliphatic rings. The molecule has 1 atom stereocenters. The number of carbonyl (C=O) groups is 2. The molecular formula is C19H23F3N2O3. The molecule has 2 amide bonds. The van der Waals surface area contributed by atoms with Crippen LogP contribution in [-0.2, 0) is 11.2 Å². The second kappa shape index (κ2) is 7.78. The maximum Gasteiger partial charge on any atom is 0.471 e. The molecule has 0 aromatic heterocycles.